The molecular formula is C22H25F3N4O3. The number of nitrogens with zero attached hydrogens (tertiary/aromatic N) is 3. The van der Waals surface area contributed by atoms with Crippen LogP contribution >= 0.6 is 0 Å². The molecule has 0 bridgehead atoms. The highest BCUT2D eigenvalue weighted by Crippen LogP contribution is 2.30. The second kappa shape index (κ2) is 9.13. The molecule has 3 rings (SSSR count). The molecule has 1 unspecified atom stereocenters. The van der Waals surface area contributed by atoms with Crippen molar-refractivity contribution in [2.24, 2.45) is 0 Å². The van der Waals surface area contributed by atoms with E-state index in [2.05, 4.69) is 15.3 Å². The predicted octanol–water partition coefficient (Wildman–Crippen LogP) is 4.18. The van der Waals surface area contributed by atoms with Crippen molar-refractivity contribution in [3.8, 4) is 11.3 Å². The average Bonchev–Trinajstić information content (AvgIpc) is 3.21. The van der Waals surface area contributed by atoms with Crippen LogP contribution in [0.5, 0.6) is 0 Å². The third kappa shape index (κ3) is 5.95. The molecule has 1 aliphatic heterocycles. The standard InChI is InChI=1S/C22H25F3N4O3/c1-21(2,3)32-20(31)29-10-4-5-18(29)19(30)26-12-16-11-17(28-13-27-16)14-6-8-15(9-7-14)22(23,24)25/h6-9,11,13,18H,4-5,10,12H2,1-3H3,(H,26,30). The molecule has 2 heterocycles. The molecule has 32 heavy (non-hydrogen) atoms. The predicted molar refractivity (Wildman–Crippen MR) is 110 cm³/mol. The summed E-state index contributed by atoms with van der Waals surface area (Å²) in [6.07, 6.45) is -2.42. The van der Waals surface area contributed by atoms with Crippen LogP contribution in [0.25, 0.3) is 11.3 Å². The molecule has 0 saturated carbocycles. The van der Waals surface area contributed by atoms with Gasteiger partial charge in [0.15, 0.2) is 0 Å². The van der Waals surface area contributed by atoms with E-state index in [4.69, 9.17) is 4.74 Å². The Labute approximate surface area is 184 Å². The Morgan fingerprint density at radius 2 is 1.84 bits per heavy atom. The first kappa shape index (κ1) is 23.5. The van der Waals surface area contributed by atoms with Crippen LogP contribution in [0.15, 0.2) is 36.7 Å². The molecular weight excluding hydrogens is 425 g/mol. The quantitative estimate of drug-likeness (QED) is 0.756. The van der Waals surface area contributed by atoms with Crippen LogP contribution in [-0.4, -0.2) is 45.1 Å². The maximum absolute atomic E-state index is 12.8. The smallest absolute Gasteiger partial charge is 0.416 e. The van der Waals surface area contributed by atoms with Crippen LogP contribution in [-0.2, 0) is 22.3 Å². The number of alkyl halides is 3. The Balaban J connectivity index is 1.63. The van der Waals surface area contributed by atoms with Crippen LogP contribution in [0.3, 0.4) is 0 Å². The Bertz CT molecular complexity index is 972. The Kier molecular flexibility index (Phi) is 6.71. The lowest BCUT2D eigenvalue weighted by Crippen LogP contribution is -2.47. The van der Waals surface area contributed by atoms with Gasteiger partial charge in [-0.05, 0) is 51.8 Å². The summed E-state index contributed by atoms with van der Waals surface area (Å²) >= 11 is 0. The molecule has 2 aromatic rings. The van der Waals surface area contributed by atoms with Crippen molar-refractivity contribution in [3.63, 3.8) is 0 Å². The fourth-order valence-electron chi connectivity index (χ4n) is 3.36. The number of hydrogen-bond donors (Lipinski definition) is 1. The van der Waals surface area contributed by atoms with E-state index in [1.54, 1.807) is 26.8 Å². The summed E-state index contributed by atoms with van der Waals surface area (Å²) in [5.41, 5.74) is 0.0316. The average molecular weight is 450 g/mol. The van der Waals surface area contributed by atoms with Crippen LogP contribution in [0.2, 0.25) is 0 Å². The second-order valence-electron chi connectivity index (χ2n) is 8.52. The second-order valence-corrected chi connectivity index (χ2v) is 8.52. The van der Waals surface area contributed by atoms with Crippen LogP contribution < -0.4 is 5.32 Å². The summed E-state index contributed by atoms with van der Waals surface area (Å²) in [5.74, 6) is -0.317. The lowest BCUT2D eigenvalue weighted by molar-refractivity contribution is -0.137. The first-order valence-electron chi connectivity index (χ1n) is 10.2. The van der Waals surface area contributed by atoms with E-state index in [0.29, 0.717) is 36.3 Å². The van der Waals surface area contributed by atoms with Gasteiger partial charge in [-0.2, -0.15) is 13.2 Å². The molecule has 0 radical (unpaired) electrons. The van der Waals surface area contributed by atoms with Crippen LogP contribution in [0, 0.1) is 0 Å². The van der Waals surface area contributed by atoms with Gasteiger partial charge >= 0.3 is 12.3 Å². The number of ether oxygens (including phenoxy) is 1. The monoisotopic (exact) mass is 450 g/mol. The van der Waals surface area contributed by atoms with Gasteiger partial charge in [0.25, 0.3) is 0 Å². The van der Waals surface area contributed by atoms with Crippen molar-refractivity contribution in [1.29, 1.82) is 0 Å². The minimum atomic E-state index is -4.41. The van der Waals surface area contributed by atoms with Gasteiger partial charge in [-0.25, -0.2) is 14.8 Å². The first-order chi connectivity index (χ1) is 14.9. The highest BCUT2D eigenvalue weighted by molar-refractivity contribution is 5.86. The molecule has 1 aromatic carbocycles. The summed E-state index contributed by atoms with van der Waals surface area (Å²) in [6, 6.07) is 5.63. The molecule has 7 nitrogen and oxygen atoms in total. The molecule has 2 amide bonds. The van der Waals surface area contributed by atoms with Crippen LogP contribution in [0.4, 0.5) is 18.0 Å². The van der Waals surface area contributed by atoms with E-state index in [-0.39, 0.29) is 12.5 Å². The molecule has 172 valence electrons. The Morgan fingerprint density at radius 3 is 2.47 bits per heavy atom. The molecule has 10 heteroatoms. The van der Waals surface area contributed by atoms with Crippen molar-refractivity contribution < 1.29 is 27.5 Å². The molecule has 1 fully saturated rings. The van der Waals surface area contributed by atoms with Gasteiger partial charge in [0.1, 0.15) is 18.0 Å². The molecule has 1 saturated heterocycles. The number of benzene rings is 1. The van der Waals surface area contributed by atoms with Crippen molar-refractivity contribution >= 4 is 12.0 Å². The maximum Gasteiger partial charge on any atom is 0.416 e. The zero-order chi connectivity index (χ0) is 23.5. The highest BCUT2D eigenvalue weighted by Gasteiger charge is 2.36. The number of hydrogen-bond acceptors (Lipinski definition) is 5. The van der Waals surface area contributed by atoms with Crippen LogP contribution in [0.1, 0.15) is 44.9 Å². The third-order valence-electron chi connectivity index (χ3n) is 4.86. The largest absolute Gasteiger partial charge is 0.444 e. The van der Waals surface area contributed by atoms with Gasteiger partial charge in [0.2, 0.25) is 5.91 Å². The lowest BCUT2D eigenvalue weighted by atomic mass is 10.1. The molecule has 1 atom stereocenters. The third-order valence-corrected chi connectivity index (χ3v) is 4.86. The molecule has 1 N–H and O–H groups in total. The van der Waals surface area contributed by atoms with E-state index in [1.807, 2.05) is 0 Å². The zero-order valence-corrected chi connectivity index (χ0v) is 18.1. The fraction of sp³-hybridized carbons (Fsp3) is 0.455. The Hall–Kier alpha value is -3.17. The molecule has 0 spiro atoms. The Morgan fingerprint density at radius 1 is 1.16 bits per heavy atom. The summed E-state index contributed by atoms with van der Waals surface area (Å²) in [6.45, 7) is 5.82. The molecule has 0 aliphatic carbocycles. The number of likely N-dealkylation sites (tertiary alicyclic amines) is 1. The van der Waals surface area contributed by atoms with Crippen molar-refractivity contribution in [2.45, 2.75) is 58.0 Å². The topological polar surface area (TPSA) is 84.4 Å². The van der Waals surface area contributed by atoms with Crippen molar-refractivity contribution in [1.82, 2.24) is 20.2 Å². The van der Waals surface area contributed by atoms with Crippen molar-refractivity contribution in [3.05, 3.63) is 47.9 Å². The minimum Gasteiger partial charge on any atom is -0.444 e. The summed E-state index contributed by atoms with van der Waals surface area (Å²) < 4.78 is 43.6. The van der Waals surface area contributed by atoms with Gasteiger partial charge in [-0.15, -0.1) is 0 Å². The van der Waals surface area contributed by atoms with Gasteiger partial charge in [-0.3, -0.25) is 9.69 Å². The summed E-state index contributed by atoms with van der Waals surface area (Å²) in [5, 5.41) is 2.77. The summed E-state index contributed by atoms with van der Waals surface area (Å²) in [4.78, 5) is 34.7. The van der Waals surface area contributed by atoms with E-state index in [0.717, 1.165) is 12.1 Å². The van der Waals surface area contributed by atoms with E-state index in [1.165, 1.54) is 23.4 Å². The fourth-order valence-corrected chi connectivity index (χ4v) is 3.36. The van der Waals surface area contributed by atoms with Crippen molar-refractivity contribution in [2.75, 3.05) is 6.54 Å². The highest BCUT2D eigenvalue weighted by atomic mass is 19.4. The lowest BCUT2D eigenvalue weighted by Gasteiger charge is -2.28. The number of carbonyl (C=O) groups excluding carboxylic acids is 2. The van der Waals surface area contributed by atoms with Gasteiger partial charge < -0.3 is 10.1 Å². The first-order valence-corrected chi connectivity index (χ1v) is 10.2. The number of amides is 2. The van der Waals surface area contributed by atoms with E-state index in [9.17, 15) is 22.8 Å². The number of aromatic nitrogens is 2. The SMILES string of the molecule is CC(C)(C)OC(=O)N1CCCC1C(=O)NCc1cc(-c2ccc(C(F)(F)F)cc2)ncn1. The normalized spacial score (nSPS) is 16.7. The number of carbonyl (C=O) groups is 2. The van der Waals surface area contributed by atoms with E-state index >= 15 is 0 Å². The maximum atomic E-state index is 12.8. The number of nitrogens with one attached hydrogen (secondary N) is 1. The van der Waals surface area contributed by atoms with E-state index < -0.39 is 29.5 Å². The van der Waals surface area contributed by atoms with Gasteiger partial charge in [0, 0.05) is 12.1 Å². The minimum absolute atomic E-state index is 0.0909. The summed E-state index contributed by atoms with van der Waals surface area (Å²) in [7, 11) is 0. The molecule has 1 aliphatic rings. The zero-order valence-electron chi connectivity index (χ0n) is 18.1. The van der Waals surface area contributed by atoms with Gasteiger partial charge in [-0.1, -0.05) is 12.1 Å². The number of halogens is 3. The number of rotatable bonds is 4. The van der Waals surface area contributed by atoms with Gasteiger partial charge in [0.05, 0.1) is 23.5 Å². The molecule has 1 aromatic heterocycles.